The number of nitrogen functional groups attached to an aromatic ring is 1. The van der Waals surface area contributed by atoms with E-state index in [-0.39, 0.29) is 0 Å². The van der Waals surface area contributed by atoms with Gasteiger partial charge in [-0.05, 0) is 38.5 Å². The third kappa shape index (κ3) is 3.36. The largest absolute Gasteiger partial charge is 0.393 e. The molecule has 0 aliphatic heterocycles. The molecule has 1 aromatic carbocycles. The normalized spacial score (nSPS) is 10.5. The molecule has 0 aliphatic carbocycles. The number of anilines is 4. The zero-order valence-corrected chi connectivity index (χ0v) is 13.3. The molecule has 0 unspecified atom stereocenters. The van der Waals surface area contributed by atoms with Gasteiger partial charge < -0.3 is 16.0 Å². The van der Waals surface area contributed by atoms with Gasteiger partial charge in [0.2, 0.25) is 0 Å². The molecule has 0 saturated heterocycles. The smallest absolute Gasteiger partial charge is 0.159 e. The molecule has 1 heterocycles. The van der Waals surface area contributed by atoms with Crippen LogP contribution in [0, 0.1) is 6.92 Å². The van der Waals surface area contributed by atoms with Crippen LogP contribution in [0.5, 0.6) is 0 Å². The first-order chi connectivity index (χ1) is 10.1. The van der Waals surface area contributed by atoms with Crippen LogP contribution in [0.15, 0.2) is 24.5 Å². The summed E-state index contributed by atoms with van der Waals surface area (Å²) in [6.45, 7) is 7.82. The number of hydrogen-bond acceptors (Lipinski definition) is 5. The van der Waals surface area contributed by atoms with Gasteiger partial charge in [0.05, 0.1) is 0 Å². The van der Waals surface area contributed by atoms with Crippen LogP contribution < -0.4 is 16.0 Å². The molecular formula is C15H20ClN5. The van der Waals surface area contributed by atoms with Gasteiger partial charge in [-0.3, -0.25) is 0 Å². The monoisotopic (exact) mass is 305 g/mol. The number of halogens is 1. The average molecular weight is 306 g/mol. The second kappa shape index (κ2) is 6.63. The Labute approximate surface area is 130 Å². The predicted octanol–water partition coefficient (Wildman–Crippen LogP) is 3.61. The van der Waals surface area contributed by atoms with Gasteiger partial charge in [0.25, 0.3) is 0 Å². The summed E-state index contributed by atoms with van der Waals surface area (Å²) >= 11 is 6.04. The first-order valence-corrected chi connectivity index (χ1v) is 7.33. The molecule has 0 fully saturated rings. The molecule has 112 valence electrons. The number of nitrogens with two attached hydrogens (primary N) is 1. The molecule has 0 aliphatic rings. The highest BCUT2D eigenvalue weighted by Crippen LogP contribution is 2.30. The topological polar surface area (TPSA) is 67.1 Å². The number of hydrogen-bond donors (Lipinski definition) is 2. The van der Waals surface area contributed by atoms with E-state index in [1.807, 2.05) is 25.1 Å². The van der Waals surface area contributed by atoms with E-state index >= 15 is 0 Å². The first-order valence-electron chi connectivity index (χ1n) is 6.95. The van der Waals surface area contributed by atoms with Gasteiger partial charge in [-0.2, -0.15) is 0 Å². The highest BCUT2D eigenvalue weighted by molar-refractivity contribution is 6.30. The summed E-state index contributed by atoms with van der Waals surface area (Å²) in [6, 6.07) is 5.66. The summed E-state index contributed by atoms with van der Waals surface area (Å²) in [5, 5.41) is 3.90. The second-order valence-electron chi connectivity index (χ2n) is 4.72. The lowest BCUT2D eigenvalue weighted by atomic mass is 10.2. The van der Waals surface area contributed by atoms with E-state index in [1.54, 1.807) is 0 Å². The fourth-order valence-corrected chi connectivity index (χ4v) is 2.29. The number of aryl methyl sites for hydroxylation is 1. The van der Waals surface area contributed by atoms with Gasteiger partial charge in [0, 0.05) is 23.8 Å². The fraction of sp³-hybridized carbons (Fsp3) is 0.333. The van der Waals surface area contributed by atoms with Crippen LogP contribution in [0.3, 0.4) is 0 Å². The van der Waals surface area contributed by atoms with Crippen molar-refractivity contribution in [2.45, 2.75) is 20.8 Å². The molecule has 5 nitrogen and oxygen atoms in total. The summed E-state index contributed by atoms with van der Waals surface area (Å²) in [5.74, 6) is 1.34. The summed E-state index contributed by atoms with van der Waals surface area (Å²) < 4.78 is 0. The summed E-state index contributed by atoms with van der Waals surface area (Å²) in [7, 11) is 0. The van der Waals surface area contributed by atoms with Crippen molar-refractivity contribution in [2.24, 2.45) is 0 Å². The maximum absolute atomic E-state index is 6.21. The summed E-state index contributed by atoms with van der Waals surface area (Å²) in [4.78, 5) is 10.6. The maximum atomic E-state index is 6.21. The minimum absolute atomic E-state index is 0.542. The van der Waals surface area contributed by atoms with Crippen molar-refractivity contribution >= 4 is 34.6 Å². The van der Waals surface area contributed by atoms with Crippen LogP contribution in [0.2, 0.25) is 5.02 Å². The highest BCUT2D eigenvalue weighted by atomic mass is 35.5. The van der Waals surface area contributed by atoms with Crippen LogP contribution in [0.25, 0.3) is 0 Å². The third-order valence-electron chi connectivity index (χ3n) is 3.38. The Hall–Kier alpha value is -2.01. The number of nitrogens with one attached hydrogen (secondary N) is 1. The van der Waals surface area contributed by atoms with Crippen LogP contribution in [-0.4, -0.2) is 23.1 Å². The minimum Gasteiger partial charge on any atom is -0.393 e. The molecule has 0 atom stereocenters. The number of rotatable bonds is 5. The molecule has 21 heavy (non-hydrogen) atoms. The molecule has 0 amide bonds. The van der Waals surface area contributed by atoms with Crippen LogP contribution in [0.1, 0.15) is 19.4 Å². The van der Waals surface area contributed by atoms with Crippen LogP contribution in [-0.2, 0) is 0 Å². The van der Waals surface area contributed by atoms with Crippen molar-refractivity contribution in [3.63, 3.8) is 0 Å². The van der Waals surface area contributed by atoms with Gasteiger partial charge in [0.1, 0.15) is 12.0 Å². The van der Waals surface area contributed by atoms with Gasteiger partial charge in [-0.15, -0.1) is 0 Å². The van der Waals surface area contributed by atoms with Crippen molar-refractivity contribution in [3.8, 4) is 0 Å². The molecule has 2 rings (SSSR count). The minimum atomic E-state index is 0.542. The molecule has 0 spiro atoms. The Balaban J connectivity index is 2.37. The SMILES string of the molecule is CCN(CC)c1ncnc(Nc2cc(Cl)ccc2C)c1N. The molecule has 2 aromatic rings. The Morgan fingerprint density at radius 3 is 2.62 bits per heavy atom. The molecular weight excluding hydrogens is 286 g/mol. The lowest BCUT2D eigenvalue weighted by molar-refractivity contribution is 0.844. The second-order valence-corrected chi connectivity index (χ2v) is 5.15. The van der Waals surface area contributed by atoms with Crippen LogP contribution >= 0.6 is 11.6 Å². The van der Waals surface area contributed by atoms with Crippen molar-refractivity contribution in [1.82, 2.24) is 9.97 Å². The van der Waals surface area contributed by atoms with Gasteiger partial charge in [-0.25, -0.2) is 9.97 Å². The van der Waals surface area contributed by atoms with E-state index < -0.39 is 0 Å². The van der Waals surface area contributed by atoms with E-state index in [0.717, 1.165) is 30.2 Å². The quantitative estimate of drug-likeness (QED) is 0.883. The number of benzene rings is 1. The third-order valence-corrected chi connectivity index (χ3v) is 3.61. The lowest BCUT2D eigenvalue weighted by Crippen LogP contribution is -2.24. The van der Waals surface area contributed by atoms with Crippen molar-refractivity contribution in [3.05, 3.63) is 35.1 Å². The molecule has 0 bridgehead atoms. The van der Waals surface area contributed by atoms with E-state index in [1.165, 1.54) is 6.33 Å². The Bertz CT molecular complexity index is 625. The highest BCUT2D eigenvalue weighted by Gasteiger charge is 2.13. The zero-order valence-electron chi connectivity index (χ0n) is 12.5. The standard InChI is InChI=1S/C15H20ClN5/c1-4-21(5-2)15-13(17)14(18-9-19-15)20-12-8-11(16)7-6-10(12)3/h6-9H,4-5,17H2,1-3H3,(H,18,19,20). The lowest BCUT2D eigenvalue weighted by Gasteiger charge is -2.22. The number of aromatic nitrogens is 2. The summed E-state index contributed by atoms with van der Waals surface area (Å²) in [5.41, 5.74) is 8.71. The van der Waals surface area contributed by atoms with Gasteiger partial charge in [0.15, 0.2) is 11.6 Å². The van der Waals surface area contributed by atoms with E-state index in [0.29, 0.717) is 16.5 Å². The maximum Gasteiger partial charge on any atom is 0.159 e. The Kier molecular flexibility index (Phi) is 4.85. The number of nitrogens with zero attached hydrogens (tertiary/aromatic N) is 3. The molecule has 0 saturated carbocycles. The van der Waals surface area contributed by atoms with Crippen LogP contribution in [0.4, 0.5) is 23.0 Å². The summed E-state index contributed by atoms with van der Waals surface area (Å²) in [6.07, 6.45) is 1.52. The molecule has 6 heteroatoms. The van der Waals surface area contributed by atoms with Crippen molar-refractivity contribution in [2.75, 3.05) is 29.0 Å². The predicted molar refractivity (Wildman–Crippen MR) is 89.5 cm³/mol. The molecule has 3 N–H and O–H groups in total. The van der Waals surface area contributed by atoms with E-state index in [9.17, 15) is 0 Å². The Morgan fingerprint density at radius 2 is 1.95 bits per heavy atom. The first kappa shape index (κ1) is 15.4. The zero-order chi connectivity index (χ0) is 15.4. The van der Waals surface area contributed by atoms with E-state index in [2.05, 4.69) is 34.0 Å². The molecule has 0 radical (unpaired) electrons. The van der Waals surface area contributed by atoms with Crippen molar-refractivity contribution < 1.29 is 0 Å². The van der Waals surface area contributed by atoms with Gasteiger partial charge >= 0.3 is 0 Å². The fourth-order valence-electron chi connectivity index (χ4n) is 2.12. The Morgan fingerprint density at radius 1 is 1.24 bits per heavy atom. The van der Waals surface area contributed by atoms with Crippen molar-refractivity contribution in [1.29, 1.82) is 0 Å². The van der Waals surface area contributed by atoms with E-state index in [4.69, 9.17) is 17.3 Å². The average Bonchev–Trinajstić information content (AvgIpc) is 2.47. The van der Waals surface area contributed by atoms with Gasteiger partial charge in [-0.1, -0.05) is 17.7 Å². The molecule has 1 aromatic heterocycles.